The van der Waals surface area contributed by atoms with Crippen molar-refractivity contribution in [2.45, 2.75) is 31.3 Å². The van der Waals surface area contributed by atoms with Crippen LogP contribution in [0.4, 0.5) is 0 Å². The van der Waals surface area contributed by atoms with Crippen LogP contribution in [-0.4, -0.2) is 46.0 Å². The van der Waals surface area contributed by atoms with Crippen LogP contribution >= 0.6 is 0 Å². The number of aliphatic carboxylic acids is 2. The molecule has 2 atom stereocenters. The molecule has 9 nitrogen and oxygen atoms in total. The first-order chi connectivity index (χ1) is 8.23. The van der Waals surface area contributed by atoms with E-state index in [4.69, 9.17) is 21.7 Å². The molecule has 0 aliphatic heterocycles. The predicted molar refractivity (Wildman–Crippen MR) is 58.2 cm³/mol. The van der Waals surface area contributed by atoms with Crippen LogP contribution in [0.1, 0.15) is 19.3 Å². The monoisotopic (exact) mass is 261 g/mol. The van der Waals surface area contributed by atoms with Crippen LogP contribution in [0.15, 0.2) is 0 Å². The topological polar surface area (TPSA) is 173 Å². The summed E-state index contributed by atoms with van der Waals surface area (Å²) in [6.07, 6.45) is -1.02. The lowest BCUT2D eigenvalue weighted by Crippen LogP contribution is -2.49. The molecular formula is C9H15N3O6. The highest BCUT2D eigenvalue weighted by Crippen LogP contribution is 1.99. The third-order valence-corrected chi connectivity index (χ3v) is 2.03. The number of carbonyl (C=O) groups excluding carboxylic acids is 2. The number of carbonyl (C=O) groups is 4. The Morgan fingerprint density at radius 1 is 1.17 bits per heavy atom. The van der Waals surface area contributed by atoms with E-state index in [1.807, 2.05) is 5.32 Å². The van der Waals surface area contributed by atoms with Crippen molar-refractivity contribution < 1.29 is 29.4 Å². The van der Waals surface area contributed by atoms with Gasteiger partial charge in [-0.1, -0.05) is 0 Å². The standard InChI is InChI=1S/C9H15N3O6/c10-4(3-7(14)15)8(16)12-5(9(17)18)1-2-6(11)13/h4-5H,1-3,10H2,(H2,11,13)(H,12,16)(H,14,15)(H,17,18)/t4-,5-/m0/s1. The molecule has 0 unspecified atom stereocenters. The Balaban J connectivity index is 4.40. The SMILES string of the molecule is NC(=O)CC[C@H](NC(=O)[C@@H](N)CC(=O)O)C(=O)O. The largest absolute Gasteiger partial charge is 0.481 e. The molecular weight excluding hydrogens is 246 g/mol. The van der Waals surface area contributed by atoms with Gasteiger partial charge in [-0.2, -0.15) is 0 Å². The van der Waals surface area contributed by atoms with E-state index >= 15 is 0 Å². The van der Waals surface area contributed by atoms with Gasteiger partial charge < -0.3 is 27.0 Å². The number of nitrogens with two attached hydrogens (primary N) is 2. The third kappa shape index (κ3) is 6.43. The van der Waals surface area contributed by atoms with E-state index < -0.39 is 42.3 Å². The van der Waals surface area contributed by atoms with Crippen LogP contribution in [-0.2, 0) is 19.2 Å². The minimum absolute atomic E-state index is 0.184. The Morgan fingerprint density at radius 2 is 1.72 bits per heavy atom. The van der Waals surface area contributed by atoms with Gasteiger partial charge >= 0.3 is 11.9 Å². The molecule has 2 amide bonds. The average Bonchev–Trinajstić information content (AvgIpc) is 2.21. The van der Waals surface area contributed by atoms with E-state index in [0.29, 0.717) is 0 Å². The molecule has 0 rings (SSSR count). The van der Waals surface area contributed by atoms with Crippen molar-refractivity contribution in [2.24, 2.45) is 11.5 Å². The molecule has 0 aromatic rings. The van der Waals surface area contributed by atoms with Crippen LogP contribution in [0.25, 0.3) is 0 Å². The lowest BCUT2D eigenvalue weighted by Gasteiger charge is -2.16. The zero-order valence-corrected chi connectivity index (χ0v) is 9.46. The van der Waals surface area contributed by atoms with Gasteiger partial charge in [-0.3, -0.25) is 14.4 Å². The predicted octanol–water partition coefficient (Wildman–Crippen LogP) is -2.38. The first-order valence-electron chi connectivity index (χ1n) is 5.03. The summed E-state index contributed by atoms with van der Waals surface area (Å²) in [5.74, 6) is -4.24. The van der Waals surface area contributed by atoms with Gasteiger partial charge in [0.05, 0.1) is 12.5 Å². The summed E-state index contributed by atoms with van der Waals surface area (Å²) in [6.45, 7) is 0. The number of hydrogen-bond acceptors (Lipinski definition) is 5. The number of carboxylic acid groups (broad SMARTS) is 2. The highest BCUT2D eigenvalue weighted by molar-refractivity contribution is 5.89. The molecule has 0 fully saturated rings. The van der Waals surface area contributed by atoms with Crippen molar-refractivity contribution in [3.63, 3.8) is 0 Å². The summed E-state index contributed by atoms with van der Waals surface area (Å²) in [5.41, 5.74) is 10.1. The van der Waals surface area contributed by atoms with Crippen molar-refractivity contribution >= 4 is 23.8 Å². The molecule has 0 saturated carbocycles. The molecule has 0 heterocycles. The first kappa shape index (κ1) is 15.8. The molecule has 0 radical (unpaired) electrons. The van der Waals surface area contributed by atoms with Crippen molar-refractivity contribution in [1.82, 2.24) is 5.32 Å². The first-order valence-corrected chi connectivity index (χ1v) is 5.03. The fraction of sp³-hybridized carbons (Fsp3) is 0.556. The summed E-state index contributed by atoms with van der Waals surface area (Å²) in [7, 11) is 0. The summed E-state index contributed by atoms with van der Waals surface area (Å²) in [5, 5.41) is 19.2. The molecule has 102 valence electrons. The zero-order valence-electron chi connectivity index (χ0n) is 9.46. The minimum Gasteiger partial charge on any atom is -0.481 e. The molecule has 0 bridgehead atoms. The summed E-state index contributed by atoms with van der Waals surface area (Å²) in [6, 6.07) is -2.68. The second-order valence-electron chi connectivity index (χ2n) is 3.61. The summed E-state index contributed by atoms with van der Waals surface area (Å²) >= 11 is 0. The Kier molecular flexibility index (Phi) is 6.35. The summed E-state index contributed by atoms with van der Waals surface area (Å²) < 4.78 is 0. The van der Waals surface area contributed by atoms with Gasteiger partial charge in [0.1, 0.15) is 6.04 Å². The second-order valence-corrected chi connectivity index (χ2v) is 3.61. The Labute approximate surface area is 102 Å². The van der Waals surface area contributed by atoms with Gasteiger partial charge in [-0.15, -0.1) is 0 Å². The van der Waals surface area contributed by atoms with Crippen LogP contribution in [0, 0.1) is 0 Å². The lowest BCUT2D eigenvalue weighted by atomic mass is 10.1. The molecule has 0 saturated heterocycles. The Bertz CT molecular complexity index is 356. The highest BCUT2D eigenvalue weighted by atomic mass is 16.4. The van der Waals surface area contributed by atoms with Crippen molar-refractivity contribution in [3.8, 4) is 0 Å². The fourth-order valence-corrected chi connectivity index (χ4v) is 1.10. The van der Waals surface area contributed by atoms with Gasteiger partial charge in [0.2, 0.25) is 11.8 Å². The maximum atomic E-state index is 11.4. The van der Waals surface area contributed by atoms with Gasteiger partial charge in [-0.25, -0.2) is 4.79 Å². The second kappa shape index (κ2) is 7.22. The maximum absolute atomic E-state index is 11.4. The van der Waals surface area contributed by atoms with E-state index in [1.165, 1.54) is 0 Å². The van der Waals surface area contributed by atoms with Gasteiger partial charge in [-0.05, 0) is 6.42 Å². The molecule has 0 aromatic heterocycles. The number of nitrogens with one attached hydrogen (secondary N) is 1. The van der Waals surface area contributed by atoms with Crippen LogP contribution in [0.2, 0.25) is 0 Å². The van der Waals surface area contributed by atoms with Crippen molar-refractivity contribution in [2.75, 3.05) is 0 Å². The Morgan fingerprint density at radius 3 is 2.11 bits per heavy atom. The maximum Gasteiger partial charge on any atom is 0.326 e. The van der Waals surface area contributed by atoms with Gasteiger partial charge in [0.15, 0.2) is 0 Å². The smallest absolute Gasteiger partial charge is 0.326 e. The molecule has 0 aliphatic rings. The van der Waals surface area contributed by atoms with E-state index in [0.717, 1.165) is 0 Å². The molecule has 0 aromatic carbocycles. The fourth-order valence-electron chi connectivity index (χ4n) is 1.10. The zero-order chi connectivity index (χ0) is 14.3. The van der Waals surface area contributed by atoms with Crippen LogP contribution in [0.5, 0.6) is 0 Å². The van der Waals surface area contributed by atoms with Crippen LogP contribution < -0.4 is 16.8 Å². The highest BCUT2D eigenvalue weighted by Gasteiger charge is 2.24. The third-order valence-electron chi connectivity index (χ3n) is 2.03. The normalized spacial score (nSPS) is 13.4. The van der Waals surface area contributed by atoms with E-state index in [9.17, 15) is 19.2 Å². The summed E-state index contributed by atoms with van der Waals surface area (Å²) in [4.78, 5) is 42.9. The van der Waals surface area contributed by atoms with Crippen LogP contribution in [0.3, 0.4) is 0 Å². The average molecular weight is 261 g/mol. The molecule has 0 spiro atoms. The molecule has 0 aliphatic carbocycles. The van der Waals surface area contributed by atoms with E-state index in [-0.39, 0.29) is 12.8 Å². The Hall–Kier alpha value is -2.16. The van der Waals surface area contributed by atoms with E-state index in [1.54, 1.807) is 0 Å². The number of amides is 2. The van der Waals surface area contributed by atoms with Gasteiger partial charge in [0.25, 0.3) is 0 Å². The lowest BCUT2D eigenvalue weighted by molar-refractivity contribution is -0.142. The number of carboxylic acids is 2. The minimum atomic E-state index is -1.35. The van der Waals surface area contributed by atoms with Crippen molar-refractivity contribution in [1.29, 1.82) is 0 Å². The molecule has 9 heteroatoms. The number of primary amides is 1. The number of rotatable bonds is 8. The van der Waals surface area contributed by atoms with Gasteiger partial charge in [0, 0.05) is 6.42 Å². The quantitative estimate of drug-likeness (QED) is 0.324. The molecule has 18 heavy (non-hydrogen) atoms. The number of hydrogen-bond donors (Lipinski definition) is 5. The van der Waals surface area contributed by atoms with Crippen molar-refractivity contribution in [3.05, 3.63) is 0 Å². The van der Waals surface area contributed by atoms with E-state index in [2.05, 4.69) is 0 Å². The molecule has 7 N–H and O–H groups in total.